The van der Waals surface area contributed by atoms with Crippen LogP contribution in [0.3, 0.4) is 0 Å². The van der Waals surface area contributed by atoms with Gasteiger partial charge in [-0.05, 0) is 44.1 Å². The monoisotopic (exact) mass is 284 g/mol. The topological polar surface area (TPSA) is 48.1 Å². The molecule has 1 aliphatic carbocycles. The molecule has 5 heteroatoms. The molecule has 3 nitrogen and oxygen atoms in total. The van der Waals surface area contributed by atoms with Gasteiger partial charge in [0.15, 0.2) is 0 Å². The molecule has 1 aliphatic rings. The van der Waals surface area contributed by atoms with Crippen LogP contribution in [0.15, 0.2) is 18.2 Å². The maximum Gasteiger partial charge on any atom is 0.388 e. The van der Waals surface area contributed by atoms with E-state index in [1.54, 1.807) is 6.07 Å². The summed E-state index contributed by atoms with van der Waals surface area (Å²) < 4.78 is 28.8. The van der Waals surface area contributed by atoms with Crippen molar-refractivity contribution in [1.82, 2.24) is 4.98 Å². The number of hydrogen-bond donors (Lipinski definition) is 1. The van der Waals surface area contributed by atoms with Crippen molar-refractivity contribution in [3.63, 3.8) is 0 Å². The minimum Gasteiger partial charge on any atom is -0.417 e. The summed E-state index contributed by atoms with van der Waals surface area (Å²) >= 11 is 0. The van der Waals surface area contributed by atoms with Crippen molar-refractivity contribution >= 4 is 0 Å². The Hall–Kier alpha value is -1.23. The highest BCUT2D eigenvalue weighted by molar-refractivity contribution is 5.19. The van der Waals surface area contributed by atoms with Gasteiger partial charge in [-0.15, -0.1) is 0 Å². The van der Waals surface area contributed by atoms with Crippen molar-refractivity contribution in [2.45, 2.75) is 57.6 Å². The van der Waals surface area contributed by atoms with Gasteiger partial charge >= 0.3 is 6.61 Å². The Morgan fingerprint density at radius 1 is 1.30 bits per heavy atom. The van der Waals surface area contributed by atoms with Gasteiger partial charge in [0.1, 0.15) is 0 Å². The summed E-state index contributed by atoms with van der Waals surface area (Å²) in [5.74, 6) is 0.915. The highest BCUT2D eigenvalue weighted by atomic mass is 19.3. The third-order valence-electron chi connectivity index (χ3n) is 4.22. The molecule has 0 spiro atoms. The van der Waals surface area contributed by atoms with Crippen LogP contribution in [-0.2, 0) is 0 Å². The van der Waals surface area contributed by atoms with Gasteiger partial charge in [-0.1, -0.05) is 13.0 Å². The molecule has 0 amide bonds. The summed E-state index contributed by atoms with van der Waals surface area (Å²) in [5.41, 5.74) is 6.95. The first-order valence-corrected chi connectivity index (χ1v) is 7.27. The highest BCUT2D eigenvalue weighted by Crippen LogP contribution is 2.36. The van der Waals surface area contributed by atoms with E-state index < -0.39 is 6.61 Å². The zero-order valence-corrected chi connectivity index (χ0v) is 11.8. The molecule has 112 valence electrons. The molecule has 0 radical (unpaired) electrons. The zero-order chi connectivity index (χ0) is 14.5. The number of hydrogen-bond acceptors (Lipinski definition) is 3. The summed E-state index contributed by atoms with van der Waals surface area (Å²) in [5, 5.41) is 0. The van der Waals surface area contributed by atoms with Gasteiger partial charge in [0.05, 0.1) is 0 Å². The number of ether oxygens (including phenoxy) is 1. The van der Waals surface area contributed by atoms with Crippen LogP contribution in [-0.4, -0.2) is 17.6 Å². The third kappa shape index (κ3) is 3.88. The predicted octanol–water partition coefficient (Wildman–Crippen LogP) is 3.69. The Labute approximate surface area is 118 Å². The molecule has 2 rings (SSSR count). The SMILES string of the molecule is CCC(N)C1CCC(c2cccc(OC(F)F)n2)CC1. The van der Waals surface area contributed by atoms with E-state index in [0.717, 1.165) is 37.8 Å². The average Bonchev–Trinajstić information content (AvgIpc) is 2.46. The van der Waals surface area contributed by atoms with E-state index in [2.05, 4.69) is 16.6 Å². The van der Waals surface area contributed by atoms with Gasteiger partial charge in [0.2, 0.25) is 5.88 Å². The first-order chi connectivity index (χ1) is 9.60. The van der Waals surface area contributed by atoms with Gasteiger partial charge < -0.3 is 10.5 Å². The van der Waals surface area contributed by atoms with Gasteiger partial charge in [0, 0.05) is 23.7 Å². The minimum absolute atomic E-state index is 0.00452. The number of nitrogens with zero attached hydrogens (tertiary/aromatic N) is 1. The second-order valence-corrected chi connectivity index (χ2v) is 5.46. The number of halogens is 2. The molecule has 1 aromatic rings. The molecule has 1 atom stereocenters. The molecule has 0 aliphatic heterocycles. The van der Waals surface area contributed by atoms with Crippen LogP contribution in [0.1, 0.15) is 50.6 Å². The van der Waals surface area contributed by atoms with Crippen molar-refractivity contribution in [2.24, 2.45) is 11.7 Å². The van der Waals surface area contributed by atoms with Crippen molar-refractivity contribution in [1.29, 1.82) is 0 Å². The summed E-state index contributed by atoms with van der Waals surface area (Å²) in [6, 6.07) is 5.36. The lowest BCUT2D eigenvalue weighted by Crippen LogP contribution is -2.32. The normalized spacial score (nSPS) is 24.6. The Kier molecular flexibility index (Phi) is 5.29. The number of nitrogens with two attached hydrogens (primary N) is 1. The maximum atomic E-state index is 12.2. The Morgan fingerprint density at radius 3 is 2.60 bits per heavy atom. The van der Waals surface area contributed by atoms with Crippen LogP contribution >= 0.6 is 0 Å². The fourth-order valence-corrected chi connectivity index (χ4v) is 2.99. The molecular formula is C15H22F2N2O. The van der Waals surface area contributed by atoms with Crippen molar-refractivity contribution in [3.05, 3.63) is 23.9 Å². The van der Waals surface area contributed by atoms with E-state index in [1.807, 2.05) is 6.07 Å². The number of pyridine rings is 1. The predicted molar refractivity (Wildman–Crippen MR) is 73.8 cm³/mol. The zero-order valence-electron chi connectivity index (χ0n) is 11.8. The molecule has 20 heavy (non-hydrogen) atoms. The van der Waals surface area contributed by atoms with Gasteiger partial charge in [0.25, 0.3) is 0 Å². The van der Waals surface area contributed by atoms with Crippen molar-refractivity contribution in [3.8, 4) is 5.88 Å². The second-order valence-electron chi connectivity index (χ2n) is 5.46. The lowest BCUT2D eigenvalue weighted by atomic mass is 9.77. The highest BCUT2D eigenvalue weighted by Gasteiger charge is 2.26. The molecule has 1 unspecified atom stereocenters. The van der Waals surface area contributed by atoms with E-state index >= 15 is 0 Å². The number of rotatable bonds is 5. The summed E-state index contributed by atoms with van der Waals surface area (Å²) in [4.78, 5) is 4.19. The van der Waals surface area contributed by atoms with Crippen LogP contribution in [0.4, 0.5) is 8.78 Å². The van der Waals surface area contributed by atoms with Crippen LogP contribution in [0.5, 0.6) is 5.88 Å². The van der Waals surface area contributed by atoms with E-state index in [1.165, 1.54) is 6.07 Å². The van der Waals surface area contributed by atoms with E-state index in [-0.39, 0.29) is 11.9 Å². The average molecular weight is 284 g/mol. The summed E-state index contributed by atoms with van der Waals surface area (Å²) in [6.45, 7) is -0.709. The van der Waals surface area contributed by atoms with Crippen LogP contribution in [0, 0.1) is 5.92 Å². The van der Waals surface area contributed by atoms with Gasteiger partial charge in [-0.25, -0.2) is 4.98 Å². The molecular weight excluding hydrogens is 262 g/mol. The third-order valence-corrected chi connectivity index (χ3v) is 4.22. The lowest BCUT2D eigenvalue weighted by molar-refractivity contribution is -0.0530. The maximum absolute atomic E-state index is 12.2. The first-order valence-electron chi connectivity index (χ1n) is 7.27. The molecule has 1 heterocycles. The van der Waals surface area contributed by atoms with Crippen molar-refractivity contribution < 1.29 is 13.5 Å². The van der Waals surface area contributed by atoms with Gasteiger partial charge in [-0.3, -0.25) is 0 Å². The number of alkyl halides is 2. The first kappa shape index (κ1) is 15.2. The fraction of sp³-hybridized carbons (Fsp3) is 0.667. The fourth-order valence-electron chi connectivity index (χ4n) is 2.99. The molecule has 0 aromatic carbocycles. The molecule has 2 N–H and O–H groups in total. The van der Waals surface area contributed by atoms with E-state index in [0.29, 0.717) is 11.8 Å². The summed E-state index contributed by atoms with van der Waals surface area (Å²) in [7, 11) is 0. The molecule has 1 fully saturated rings. The molecule has 0 saturated heterocycles. The second kappa shape index (κ2) is 6.97. The van der Waals surface area contributed by atoms with E-state index in [4.69, 9.17) is 5.73 Å². The van der Waals surface area contributed by atoms with Crippen molar-refractivity contribution in [2.75, 3.05) is 0 Å². The largest absolute Gasteiger partial charge is 0.417 e. The van der Waals surface area contributed by atoms with Crippen LogP contribution < -0.4 is 10.5 Å². The lowest BCUT2D eigenvalue weighted by Gasteiger charge is -2.31. The molecule has 0 bridgehead atoms. The standard InChI is InChI=1S/C15H22F2N2O/c1-2-12(18)10-6-8-11(9-7-10)13-4-3-5-14(19-13)20-15(16)17/h3-5,10-12,15H,2,6-9,18H2,1H3. The number of aromatic nitrogens is 1. The minimum atomic E-state index is -2.82. The molecule has 1 aromatic heterocycles. The van der Waals surface area contributed by atoms with Gasteiger partial charge in [-0.2, -0.15) is 8.78 Å². The van der Waals surface area contributed by atoms with Crippen LogP contribution in [0.25, 0.3) is 0 Å². The smallest absolute Gasteiger partial charge is 0.388 e. The molecule has 1 saturated carbocycles. The van der Waals surface area contributed by atoms with E-state index in [9.17, 15) is 8.78 Å². The van der Waals surface area contributed by atoms with Crippen LogP contribution in [0.2, 0.25) is 0 Å². The Balaban J connectivity index is 1.96. The quantitative estimate of drug-likeness (QED) is 0.897. The summed E-state index contributed by atoms with van der Waals surface area (Å²) in [6.07, 6.45) is 5.21. The Morgan fingerprint density at radius 2 is 2.00 bits per heavy atom. The Bertz CT molecular complexity index is 420.